The molecule has 0 aromatic carbocycles. The van der Waals surface area contributed by atoms with Gasteiger partial charge in [0.2, 0.25) is 5.78 Å². The van der Waals surface area contributed by atoms with E-state index in [0.717, 1.165) is 24.2 Å². The maximum absolute atomic E-state index is 12.9. The van der Waals surface area contributed by atoms with Crippen LogP contribution in [0.2, 0.25) is 5.02 Å². The van der Waals surface area contributed by atoms with Crippen molar-refractivity contribution in [2.75, 3.05) is 11.9 Å². The van der Waals surface area contributed by atoms with Crippen molar-refractivity contribution in [1.29, 1.82) is 0 Å². The van der Waals surface area contributed by atoms with E-state index in [1.807, 2.05) is 24.1 Å². The highest BCUT2D eigenvalue weighted by Gasteiger charge is 2.31. The van der Waals surface area contributed by atoms with Gasteiger partial charge in [0.15, 0.2) is 5.65 Å². The lowest BCUT2D eigenvalue weighted by atomic mass is 9.96. The molecule has 116 valence electrons. The molecule has 23 heavy (non-hydrogen) atoms. The lowest BCUT2D eigenvalue weighted by molar-refractivity contribution is 0.0947. The van der Waals surface area contributed by atoms with Crippen LogP contribution < -0.4 is 4.90 Å². The minimum absolute atomic E-state index is 0.0105. The Morgan fingerprint density at radius 3 is 3.13 bits per heavy atom. The molecular formula is C16H14ClN5O. The molecule has 4 heterocycles. The summed E-state index contributed by atoms with van der Waals surface area (Å²) in [6, 6.07) is 5.34. The first-order valence-electron chi connectivity index (χ1n) is 7.35. The lowest BCUT2D eigenvalue weighted by Crippen LogP contribution is -2.42. The molecule has 4 rings (SSSR count). The average Bonchev–Trinajstić information content (AvgIpc) is 2.98. The van der Waals surface area contributed by atoms with Crippen molar-refractivity contribution < 1.29 is 4.79 Å². The van der Waals surface area contributed by atoms with E-state index in [4.69, 9.17) is 11.6 Å². The predicted molar refractivity (Wildman–Crippen MR) is 87.1 cm³/mol. The van der Waals surface area contributed by atoms with E-state index in [9.17, 15) is 4.79 Å². The van der Waals surface area contributed by atoms with Gasteiger partial charge in [-0.2, -0.15) is 5.10 Å². The molecule has 0 saturated heterocycles. The van der Waals surface area contributed by atoms with E-state index in [0.29, 0.717) is 16.4 Å². The van der Waals surface area contributed by atoms with Crippen LogP contribution in [0.3, 0.4) is 0 Å². The van der Waals surface area contributed by atoms with E-state index in [2.05, 4.69) is 15.1 Å². The van der Waals surface area contributed by atoms with Gasteiger partial charge in [-0.05, 0) is 25.0 Å². The largest absolute Gasteiger partial charge is 0.363 e. The third-order valence-electron chi connectivity index (χ3n) is 4.21. The SMILES string of the molecule is CN1c2cccnc2CCC1C(=O)c1cc2ncc(Cl)cn2n1. The van der Waals surface area contributed by atoms with Crippen molar-refractivity contribution in [2.24, 2.45) is 0 Å². The van der Waals surface area contributed by atoms with Crippen LogP contribution in [0.4, 0.5) is 5.69 Å². The van der Waals surface area contributed by atoms with Gasteiger partial charge in [0, 0.05) is 25.5 Å². The Kier molecular flexibility index (Phi) is 3.27. The smallest absolute Gasteiger partial charge is 0.205 e. The van der Waals surface area contributed by atoms with Gasteiger partial charge >= 0.3 is 0 Å². The number of ketones is 1. The summed E-state index contributed by atoms with van der Waals surface area (Å²) in [6.45, 7) is 0. The Morgan fingerprint density at radius 2 is 2.26 bits per heavy atom. The normalized spacial score (nSPS) is 17.3. The standard InChI is InChI=1S/C16H14ClN5O/c1-21-13-3-2-6-18-11(13)4-5-14(21)16(23)12-7-15-19-8-10(17)9-22(15)20-12/h2-3,6-9,14H,4-5H2,1H3. The van der Waals surface area contributed by atoms with Crippen LogP contribution in [-0.4, -0.2) is 38.5 Å². The molecular weight excluding hydrogens is 314 g/mol. The van der Waals surface area contributed by atoms with Crippen LogP contribution in [0, 0.1) is 0 Å². The summed E-state index contributed by atoms with van der Waals surface area (Å²) in [6.07, 6.45) is 6.48. The maximum Gasteiger partial charge on any atom is 0.205 e. The number of fused-ring (bicyclic) bond motifs is 2. The zero-order chi connectivity index (χ0) is 16.0. The summed E-state index contributed by atoms with van der Waals surface area (Å²) in [7, 11) is 1.92. The number of carbonyl (C=O) groups is 1. The molecule has 0 aliphatic carbocycles. The highest BCUT2D eigenvalue weighted by atomic mass is 35.5. The third-order valence-corrected chi connectivity index (χ3v) is 4.40. The van der Waals surface area contributed by atoms with Gasteiger partial charge in [-0.15, -0.1) is 0 Å². The Hall–Kier alpha value is -2.47. The molecule has 0 amide bonds. The molecule has 1 atom stereocenters. The van der Waals surface area contributed by atoms with E-state index >= 15 is 0 Å². The molecule has 0 spiro atoms. The molecule has 1 aliphatic heterocycles. The summed E-state index contributed by atoms with van der Waals surface area (Å²) in [5, 5.41) is 4.80. The summed E-state index contributed by atoms with van der Waals surface area (Å²) in [4.78, 5) is 23.4. The number of Topliss-reactive ketones (excluding diaryl/α,β-unsaturated/α-hetero) is 1. The Morgan fingerprint density at radius 1 is 1.39 bits per heavy atom. The molecule has 3 aromatic rings. The number of likely N-dealkylation sites (N-methyl/N-ethyl adjacent to an activating group) is 1. The Bertz CT molecular complexity index is 906. The number of anilines is 1. The Balaban J connectivity index is 1.68. The van der Waals surface area contributed by atoms with Crippen molar-refractivity contribution in [3.05, 3.63) is 53.2 Å². The molecule has 3 aromatic heterocycles. The van der Waals surface area contributed by atoms with Crippen molar-refractivity contribution >= 4 is 28.7 Å². The first kappa shape index (κ1) is 14.1. The second-order valence-corrected chi connectivity index (χ2v) is 6.04. The second-order valence-electron chi connectivity index (χ2n) is 5.60. The molecule has 0 saturated carbocycles. The number of aromatic nitrogens is 4. The molecule has 6 nitrogen and oxygen atoms in total. The van der Waals surface area contributed by atoms with Crippen molar-refractivity contribution in [3.8, 4) is 0 Å². The quantitative estimate of drug-likeness (QED) is 0.676. The zero-order valence-electron chi connectivity index (χ0n) is 12.5. The topological polar surface area (TPSA) is 63.4 Å². The monoisotopic (exact) mass is 327 g/mol. The molecule has 1 aliphatic rings. The van der Waals surface area contributed by atoms with E-state index < -0.39 is 0 Å². The number of halogens is 1. The second kappa shape index (κ2) is 5.31. The van der Waals surface area contributed by atoms with Gasteiger partial charge in [0.1, 0.15) is 5.69 Å². The van der Waals surface area contributed by atoms with Gasteiger partial charge in [0.05, 0.1) is 28.6 Å². The number of nitrogens with zero attached hydrogens (tertiary/aromatic N) is 5. The molecule has 0 N–H and O–H groups in total. The van der Waals surface area contributed by atoms with E-state index in [1.54, 1.807) is 24.7 Å². The molecule has 7 heteroatoms. The molecule has 0 bridgehead atoms. The van der Waals surface area contributed by atoms with Crippen LogP contribution in [-0.2, 0) is 6.42 Å². The lowest BCUT2D eigenvalue weighted by Gasteiger charge is -2.33. The minimum Gasteiger partial charge on any atom is -0.363 e. The number of carbonyl (C=O) groups excluding carboxylic acids is 1. The Labute approximate surface area is 137 Å². The van der Waals surface area contributed by atoms with Gasteiger partial charge in [-0.3, -0.25) is 9.78 Å². The highest BCUT2D eigenvalue weighted by molar-refractivity contribution is 6.30. The van der Waals surface area contributed by atoms with Crippen LogP contribution in [0.25, 0.3) is 5.65 Å². The van der Waals surface area contributed by atoms with Gasteiger partial charge < -0.3 is 4.90 Å². The maximum atomic E-state index is 12.9. The first-order chi connectivity index (χ1) is 11.1. The third kappa shape index (κ3) is 2.35. The number of hydrogen-bond acceptors (Lipinski definition) is 5. The molecule has 1 unspecified atom stereocenters. The summed E-state index contributed by atoms with van der Waals surface area (Å²) in [5.74, 6) is -0.0105. The molecule has 0 fully saturated rings. The zero-order valence-corrected chi connectivity index (χ0v) is 13.2. The fraction of sp³-hybridized carbons (Fsp3) is 0.250. The summed E-state index contributed by atoms with van der Waals surface area (Å²) in [5.41, 5.74) is 3.05. The number of aryl methyl sites for hydroxylation is 1. The van der Waals surface area contributed by atoms with Crippen LogP contribution in [0.1, 0.15) is 22.6 Å². The van der Waals surface area contributed by atoms with E-state index in [1.165, 1.54) is 4.52 Å². The first-order valence-corrected chi connectivity index (χ1v) is 7.73. The fourth-order valence-corrected chi connectivity index (χ4v) is 3.17. The summed E-state index contributed by atoms with van der Waals surface area (Å²) < 4.78 is 1.54. The van der Waals surface area contributed by atoms with Crippen LogP contribution in [0.5, 0.6) is 0 Å². The van der Waals surface area contributed by atoms with E-state index in [-0.39, 0.29) is 11.8 Å². The highest BCUT2D eigenvalue weighted by Crippen LogP contribution is 2.29. The average molecular weight is 328 g/mol. The van der Waals surface area contributed by atoms with Gasteiger partial charge in [-0.1, -0.05) is 11.6 Å². The van der Waals surface area contributed by atoms with Crippen LogP contribution in [0.15, 0.2) is 36.8 Å². The van der Waals surface area contributed by atoms with Crippen molar-refractivity contribution in [1.82, 2.24) is 19.6 Å². The van der Waals surface area contributed by atoms with Crippen molar-refractivity contribution in [3.63, 3.8) is 0 Å². The number of pyridine rings is 1. The fourth-order valence-electron chi connectivity index (χ4n) is 3.03. The minimum atomic E-state index is -0.243. The number of hydrogen-bond donors (Lipinski definition) is 0. The number of rotatable bonds is 2. The summed E-state index contributed by atoms with van der Waals surface area (Å²) >= 11 is 5.91. The van der Waals surface area contributed by atoms with Gasteiger partial charge in [0.25, 0.3) is 0 Å². The van der Waals surface area contributed by atoms with Gasteiger partial charge in [-0.25, -0.2) is 9.50 Å². The predicted octanol–water partition coefficient (Wildman–Crippen LogP) is 2.41. The molecule has 0 radical (unpaired) electrons. The van der Waals surface area contributed by atoms with Crippen LogP contribution >= 0.6 is 11.6 Å². The van der Waals surface area contributed by atoms with Crippen molar-refractivity contribution in [2.45, 2.75) is 18.9 Å².